The number of benzene rings is 3. The number of fused-ring (bicyclic) bond motifs is 3. The van der Waals surface area contributed by atoms with Gasteiger partial charge in [-0.05, 0) is 43.1 Å². The lowest BCUT2D eigenvalue weighted by Gasteiger charge is -2.11. The third-order valence-electron chi connectivity index (χ3n) is 3.89. The standard InChI is InChI=1S/C20H16.2C2H6/c1-5-15-9-7-11-17-18-12-8-10-16(6-2)20(18)14(4)13(3)19(15)17;2*1-2/h5-12H,1-4H2;2*1-2H3. The van der Waals surface area contributed by atoms with E-state index in [0.29, 0.717) is 0 Å². The second-order valence-electron chi connectivity index (χ2n) is 4.90. The molecule has 3 rings (SSSR count). The summed E-state index contributed by atoms with van der Waals surface area (Å²) in [5, 5.41) is 6.61. The van der Waals surface area contributed by atoms with Gasteiger partial charge in [-0.25, -0.2) is 0 Å². The lowest BCUT2D eigenvalue weighted by Crippen LogP contribution is -2.24. The van der Waals surface area contributed by atoms with Crippen LogP contribution in [0.15, 0.2) is 49.6 Å². The van der Waals surface area contributed by atoms with Gasteiger partial charge in [-0.15, -0.1) is 0 Å². The summed E-state index contributed by atoms with van der Waals surface area (Å²) < 4.78 is 0. The minimum absolute atomic E-state index is 0.970. The Morgan fingerprint density at radius 3 is 1.25 bits per heavy atom. The summed E-state index contributed by atoms with van der Waals surface area (Å²) in [5.74, 6) is 0. The van der Waals surface area contributed by atoms with E-state index in [1.165, 1.54) is 10.8 Å². The molecule has 0 aliphatic carbocycles. The second-order valence-corrected chi connectivity index (χ2v) is 4.90. The van der Waals surface area contributed by atoms with E-state index < -0.39 is 0 Å². The number of hydrogen-bond donors (Lipinski definition) is 0. The first kappa shape index (κ1) is 19.4. The quantitative estimate of drug-likeness (QED) is 0.497. The van der Waals surface area contributed by atoms with Gasteiger partial charge in [0.15, 0.2) is 0 Å². The van der Waals surface area contributed by atoms with E-state index in [-0.39, 0.29) is 0 Å². The summed E-state index contributed by atoms with van der Waals surface area (Å²) in [6.45, 7) is 24.3. The van der Waals surface area contributed by atoms with Crippen LogP contribution in [0.4, 0.5) is 0 Å². The van der Waals surface area contributed by atoms with Crippen LogP contribution in [-0.4, -0.2) is 0 Å². The second kappa shape index (κ2) is 8.88. The van der Waals surface area contributed by atoms with Gasteiger partial charge in [0.05, 0.1) is 0 Å². The van der Waals surface area contributed by atoms with Gasteiger partial charge < -0.3 is 0 Å². The van der Waals surface area contributed by atoms with Crippen molar-refractivity contribution in [2.24, 2.45) is 0 Å². The molecule has 0 heterocycles. The molecule has 0 radical (unpaired) electrons. The van der Waals surface area contributed by atoms with Crippen molar-refractivity contribution in [3.05, 3.63) is 71.1 Å². The lowest BCUT2D eigenvalue weighted by atomic mass is 9.93. The molecule has 0 unspecified atom stereocenters. The summed E-state index contributed by atoms with van der Waals surface area (Å²) in [6, 6.07) is 12.5. The van der Waals surface area contributed by atoms with E-state index >= 15 is 0 Å². The van der Waals surface area contributed by atoms with E-state index in [9.17, 15) is 0 Å². The maximum absolute atomic E-state index is 4.24. The Balaban J connectivity index is 0.000000671. The molecule has 0 amide bonds. The molecule has 0 aromatic heterocycles. The molecule has 0 N–H and O–H groups in total. The van der Waals surface area contributed by atoms with Crippen LogP contribution in [0.3, 0.4) is 0 Å². The Bertz CT molecular complexity index is 878. The molecule has 24 heavy (non-hydrogen) atoms. The summed E-state index contributed by atoms with van der Waals surface area (Å²) in [5.41, 5.74) is 2.20. The highest BCUT2D eigenvalue weighted by Gasteiger charge is 2.08. The molecule has 0 saturated carbocycles. The molecule has 0 fully saturated rings. The Kier molecular flexibility index (Phi) is 7.20. The van der Waals surface area contributed by atoms with Gasteiger partial charge in [-0.2, -0.15) is 0 Å². The lowest BCUT2D eigenvalue weighted by molar-refractivity contribution is 1.50. The Labute approximate surface area is 146 Å². The van der Waals surface area contributed by atoms with Crippen molar-refractivity contribution in [1.29, 1.82) is 0 Å². The SMILES string of the molecule is C=Cc1cccc2c1c(=C)c(=C)c1c(C=C)cccc12.CC.CC. The van der Waals surface area contributed by atoms with Gasteiger partial charge in [-0.3, -0.25) is 0 Å². The van der Waals surface area contributed by atoms with Crippen LogP contribution >= 0.6 is 0 Å². The van der Waals surface area contributed by atoms with E-state index in [2.05, 4.69) is 62.7 Å². The smallest absolute Gasteiger partial charge is 0.00328 e. The molecule has 0 atom stereocenters. The molecule has 0 aliphatic rings. The molecule has 3 aromatic rings. The molecular formula is C24H28. The van der Waals surface area contributed by atoms with Crippen molar-refractivity contribution in [2.45, 2.75) is 27.7 Å². The molecule has 124 valence electrons. The third-order valence-corrected chi connectivity index (χ3v) is 3.89. The first-order valence-corrected chi connectivity index (χ1v) is 8.59. The maximum atomic E-state index is 4.24. The summed E-state index contributed by atoms with van der Waals surface area (Å²) in [6.07, 6.45) is 3.75. The molecule has 0 aliphatic heterocycles. The highest BCUT2D eigenvalue weighted by molar-refractivity contribution is 6.12. The molecule has 3 aromatic carbocycles. The summed E-state index contributed by atoms with van der Waals surface area (Å²) >= 11 is 0. The number of hydrogen-bond acceptors (Lipinski definition) is 0. The fourth-order valence-electron chi connectivity index (χ4n) is 2.90. The Hall–Kier alpha value is -2.60. The van der Waals surface area contributed by atoms with Gasteiger partial charge in [0, 0.05) is 0 Å². The van der Waals surface area contributed by atoms with Crippen molar-refractivity contribution >= 4 is 46.9 Å². The summed E-state index contributed by atoms with van der Waals surface area (Å²) in [7, 11) is 0. The van der Waals surface area contributed by atoms with Crippen LogP contribution in [-0.2, 0) is 0 Å². The fourth-order valence-corrected chi connectivity index (χ4v) is 2.90. The van der Waals surface area contributed by atoms with Crippen molar-refractivity contribution in [3.63, 3.8) is 0 Å². The van der Waals surface area contributed by atoms with Gasteiger partial charge in [-0.1, -0.05) is 103 Å². The monoisotopic (exact) mass is 316 g/mol. The average Bonchev–Trinajstić information content (AvgIpc) is 2.67. The highest BCUT2D eigenvalue weighted by Crippen LogP contribution is 2.25. The van der Waals surface area contributed by atoms with Crippen LogP contribution in [0, 0.1) is 0 Å². The predicted octanol–water partition coefficient (Wildman–Crippen LogP) is 6.15. The maximum Gasteiger partial charge on any atom is -0.00328 e. The van der Waals surface area contributed by atoms with Gasteiger partial charge in [0.25, 0.3) is 0 Å². The van der Waals surface area contributed by atoms with E-state index in [0.717, 1.165) is 32.3 Å². The molecule has 0 heteroatoms. The van der Waals surface area contributed by atoms with Crippen molar-refractivity contribution in [1.82, 2.24) is 0 Å². The van der Waals surface area contributed by atoms with Crippen molar-refractivity contribution < 1.29 is 0 Å². The zero-order valence-electron chi connectivity index (χ0n) is 15.4. The molecular weight excluding hydrogens is 288 g/mol. The van der Waals surface area contributed by atoms with Crippen molar-refractivity contribution in [3.8, 4) is 0 Å². The van der Waals surface area contributed by atoms with Gasteiger partial charge >= 0.3 is 0 Å². The molecule has 0 bridgehead atoms. The topological polar surface area (TPSA) is 0 Å². The van der Waals surface area contributed by atoms with Gasteiger partial charge in [0.1, 0.15) is 0 Å². The minimum atomic E-state index is 0.970. The normalized spacial score (nSPS) is 9.50. The largest absolute Gasteiger partial charge is 0.0984 e. The Morgan fingerprint density at radius 1 is 0.625 bits per heavy atom. The molecule has 0 nitrogen and oxygen atoms in total. The van der Waals surface area contributed by atoms with Crippen LogP contribution in [0.5, 0.6) is 0 Å². The molecule has 0 spiro atoms. The van der Waals surface area contributed by atoms with Crippen LogP contribution in [0.1, 0.15) is 38.8 Å². The van der Waals surface area contributed by atoms with Crippen molar-refractivity contribution in [2.75, 3.05) is 0 Å². The number of rotatable bonds is 2. The van der Waals surface area contributed by atoms with Crippen LogP contribution in [0.2, 0.25) is 0 Å². The highest BCUT2D eigenvalue weighted by atomic mass is 14.1. The molecule has 0 saturated heterocycles. The zero-order chi connectivity index (χ0) is 18.3. The predicted molar refractivity (Wildman–Crippen MR) is 115 cm³/mol. The van der Waals surface area contributed by atoms with E-state index in [1.54, 1.807) is 0 Å². The van der Waals surface area contributed by atoms with Gasteiger partial charge in [0.2, 0.25) is 0 Å². The van der Waals surface area contributed by atoms with Crippen LogP contribution < -0.4 is 10.4 Å². The third kappa shape index (κ3) is 3.19. The zero-order valence-corrected chi connectivity index (χ0v) is 15.4. The minimum Gasteiger partial charge on any atom is -0.0984 e. The van der Waals surface area contributed by atoms with Crippen LogP contribution in [0.25, 0.3) is 46.9 Å². The first-order chi connectivity index (χ1) is 11.7. The van der Waals surface area contributed by atoms with E-state index in [1.807, 2.05) is 39.8 Å². The first-order valence-electron chi connectivity index (χ1n) is 8.59. The Morgan fingerprint density at radius 2 is 0.958 bits per heavy atom. The average molecular weight is 316 g/mol. The summed E-state index contributed by atoms with van der Waals surface area (Å²) in [4.78, 5) is 0. The fraction of sp³-hybridized carbons (Fsp3) is 0.167. The van der Waals surface area contributed by atoms with E-state index in [4.69, 9.17) is 0 Å².